The van der Waals surface area contributed by atoms with Gasteiger partial charge in [0.05, 0.1) is 17.4 Å². The second-order valence-corrected chi connectivity index (χ2v) is 6.50. The van der Waals surface area contributed by atoms with Crippen LogP contribution in [0.15, 0.2) is 12.1 Å². The fraction of sp³-hybridized carbons (Fsp3) is 0.538. The highest BCUT2D eigenvalue weighted by molar-refractivity contribution is 7.16. The van der Waals surface area contributed by atoms with E-state index in [1.807, 2.05) is 13.8 Å². The van der Waals surface area contributed by atoms with Crippen LogP contribution in [0.5, 0.6) is 0 Å². The number of rotatable bonds is 6. The third-order valence-corrected chi connectivity index (χ3v) is 3.48. The monoisotopic (exact) mass is 303 g/mol. The van der Waals surface area contributed by atoms with Gasteiger partial charge < -0.3 is 10.1 Å². The molecule has 106 valence electrons. The maximum atomic E-state index is 11.7. The molecule has 0 saturated carbocycles. The van der Waals surface area contributed by atoms with E-state index in [9.17, 15) is 9.59 Å². The number of carbonyl (C=O) groups is 2. The first-order chi connectivity index (χ1) is 8.88. The molecule has 19 heavy (non-hydrogen) atoms. The zero-order chi connectivity index (χ0) is 14.4. The molecule has 0 aromatic carbocycles. The van der Waals surface area contributed by atoms with E-state index in [0.29, 0.717) is 10.9 Å². The third-order valence-electron chi connectivity index (χ3n) is 2.25. The van der Waals surface area contributed by atoms with Crippen molar-refractivity contribution >= 4 is 34.8 Å². The molecule has 0 aliphatic carbocycles. The van der Waals surface area contributed by atoms with E-state index in [1.54, 1.807) is 19.1 Å². The molecule has 1 heterocycles. The highest BCUT2D eigenvalue weighted by Crippen LogP contribution is 2.21. The van der Waals surface area contributed by atoms with E-state index in [4.69, 9.17) is 16.3 Å². The minimum absolute atomic E-state index is 0.215. The van der Waals surface area contributed by atoms with Crippen LogP contribution in [-0.4, -0.2) is 24.5 Å². The summed E-state index contributed by atoms with van der Waals surface area (Å²) in [6, 6.07) is 2.91. The molecule has 0 fully saturated rings. The number of amides is 1. The van der Waals surface area contributed by atoms with Crippen molar-refractivity contribution in [1.29, 1.82) is 0 Å². The largest absolute Gasteiger partial charge is 0.464 e. The van der Waals surface area contributed by atoms with Crippen LogP contribution in [0.3, 0.4) is 0 Å². The van der Waals surface area contributed by atoms with Crippen molar-refractivity contribution in [2.45, 2.75) is 33.2 Å². The molecule has 1 rings (SSSR count). The van der Waals surface area contributed by atoms with Crippen LogP contribution in [0.25, 0.3) is 0 Å². The Kier molecular flexibility index (Phi) is 6.31. The van der Waals surface area contributed by atoms with Crippen molar-refractivity contribution < 1.29 is 14.3 Å². The number of nitrogens with one attached hydrogen (secondary N) is 1. The van der Waals surface area contributed by atoms with Crippen molar-refractivity contribution in [3.8, 4) is 0 Å². The molecule has 0 aliphatic rings. The van der Waals surface area contributed by atoms with Gasteiger partial charge in [-0.3, -0.25) is 4.79 Å². The molecular formula is C13H18ClNO3S. The Morgan fingerprint density at radius 3 is 2.58 bits per heavy atom. The molecule has 0 saturated heterocycles. The normalized spacial score (nSPS) is 12.3. The summed E-state index contributed by atoms with van der Waals surface area (Å²) in [4.78, 5) is 24.2. The molecular weight excluding hydrogens is 286 g/mol. The van der Waals surface area contributed by atoms with Crippen molar-refractivity contribution in [1.82, 2.24) is 5.32 Å². The summed E-state index contributed by atoms with van der Waals surface area (Å²) in [5.74, 6) is -0.348. The molecule has 4 nitrogen and oxygen atoms in total. The SMILES string of the molecule is CC(C)COC(=O)C(C)NC(=O)Cc1ccc(Cl)s1. The van der Waals surface area contributed by atoms with E-state index >= 15 is 0 Å². The average molecular weight is 304 g/mol. The average Bonchev–Trinajstić information content (AvgIpc) is 2.71. The topological polar surface area (TPSA) is 55.4 Å². The highest BCUT2D eigenvalue weighted by atomic mass is 35.5. The van der Waals surface area contributed by atoms with Crippen molar-refractivity contribution in [2.75, 3.05) is 6.61 Å². The van der Waals surface area contributed by atoms with Crippen LogP contribution in [0.1, 0.15) is 25.6 Å². The summed E-state index contributed by atoms with van der Waals surface area (Å²) < 4.78 is 5.69. The Hall–Kier alpha value is -1.07. The molecule has 1 aromatic rings. The molecule has 0 bridgehead atoms. The third kappa shape index (κ3) is 6.07. The van der Waals surface area contributed by atoms with Gasteiger partial charge in [0.25, 0.3) is 0 Å². The molecule has 1 aromatic heterocycles. The lowest BCUT2D eigenvalue weighted by Gasteiger charge is -2.14. The Balaban J connectivity index is 2.37. The Morgan fingerprint density at radius 2 is 2.05 bits per heavy atom. The minimum atomic E-state index is -0.637. The molecule has 1 unspecified atom stereocenters. The van der Waals surface area contributed by atoms with Gasteiger partial charge in [0.15, 0.2) is 0 Å². The summed E-state index contributed by atoms with van der Waals surface area (Å²) in [6.07, 6.45) is 0.221. The summed E-state index contributed by atoms with van der Waals surface area (Å²) in [7, 11) is 0. The maximum absolute atomic E-state index is 11.7. The summed E-state index contributed by atoms with van der Waals surface area (Å²) in [5, 5.41) is 2.61. The highest BCUT2D eigenvalue weighted by Gasteiger charge is 2.17. The summed E-state index contributed by atoms with van der Waals surface area (Å²) in [5.41, 5.74) is 0. The van der Waals surface area contributed by atoms with Gasteiger partial charge in [-0.15, -0.1) is 11.3 Å². The zero-order valence-corrected chi connectivity index (χ0v) is 12.8. The first-order valence-electron chi connectivity index (χ1n) is 6.08. The van der Waals surface area contributed by atoms with Gasteiger partial charge in [0, 0.05) is 4.88 Å². The predicted molar refractivity (Wildman–Crippen MR) is 76.4 cm³/mol. The lowest BCUT2D eigenvalue weighted by atomic mass is 10.2. The van der Waals surface area contributed by atoms with Crippen LogP contribution in [0.4, 0.5) is 0 Å². The summed E-state index contributed by atoms with van der Waals surface area (Å²) >= 11 is 7.14. The van der Waals surface area contributed by atoms with Crippen LogP contribution >= 0.6 is 22.9 Å². The molecule has 1 amide bonds. The lowest BCUT2D eigenvalue weighted by molar-refractivity contribution is -0.148. The first kappa shape index (κ1) is 16.0. The number of ether oxygens (including phenoxy) is 1. The maximum Gasteiger partial charge on any atom is 0.328 e. The van der Waals surface area contributed by atoms with Gasteiger partial charge in [0.2, 0.25) is 5.91 Å². The second kappa shape index (κ2) is 7.50. The van der Waals surface area contributed by atoms with Crippen molar-refractivity contribution in [2.24, 2.45) is 5.92 Å². The minimum Gasteiger partial charge on any atom is -0.464 e. The Bertz CT molecular complexity index is 445. The standard InChI is InChI=1S/C13H18ClNO3S/c1-8(2)7-18-13(17)9(3)15-12(16)6-10-4-5-11(14)19-10/h4-5,8-9H,6-7H2,1-3H3,(H,15,16). The van der Waals surface area contributed by atoms with Crippen LogP contribution in [-0.2, 0) is 20.7 Å². The Morgan fingerprint density at radius 1 is 1.37 bits per heavy atom. The summed E-state index contributed by atoms with van der Waals surface area (Å²) in [6.45, 7) is 5.88. The first-order valence-corrected chi connectivity index (χ1v) is 7.28. The van der Waals surface area contributed by atoms with E-state index in [1.165, 1.54) is 11.3 Å². The Labute approximate surface area is 122 Å². The van der Waals surface area contributed by atoms with Gasteiger partial charge in [-0.05, 0) is 25.0 Å². The van der Waals surface area contributed by atoms with E-state index < -0.39 is 12.0 Å². The number of thiophene rings is 1. The van der Waals surface area contributed by atoms with Crippen molar-refractivity contribution in [3.63, 3.8) is 0 Å². The van der Waals surface area contributed by atoms with Crippen LogP contribution in [0, 0.1) is 5.92 Å². The quantitative estimate of drug-likeness (QED) is 0.822. The number of hydrogen-bond acceptors (Lipinski definition) is 4. The van der Waals surface area contributed by atoms with Gasteiger partial charge in [-0.1, -0.05) is 25.4 Å². The van der Waals surface area contributed by atoms with Crippen LogP contribution < -0.4 is 5.32 Å². The van der Waals surface area contributed by atoms with Crippen molar-refractivity contribution in [3.05, 3.63) is 21.3 Å². The van der Waals surface area contributed by atoms with Gasteiger partial charge in [0.1, 0.15) is 6.04 Å². The number of esters is 1. The molecule has 6 heteroatoms. The molecule has 1 atom stereocenters. The number of hydrogen-bond donors (Lipinski definition) is 1. The van der Waals surface area contributed by atoms with E-state index in [-0.39, 0.29) is 18.2 Å². The number of carbonyl (C=O) groups excluding carboxylic acids is 2. The van der Waals surface area contributed by atoms with Crippen LogP contribution in [0.2, 0.25) is 4.34 Å². The predicted octanol–water partition coefficient (Wildman–Crippen LogP) is 2.65. The molecule has 0 radical (unpaired) electrons. The fourth-order valence-corrected chi connectivity index (χ4v) is 2.42. The molecule has 1 N–H and O–H groups in total. The van der Waals surface area contributed by atoms with E-state index in [0.717, 1.165) is 4.88 Å². The van der Waals surface area contributed by atoms with E-state index in [2.05, 4.69) is 5.32 Å². The lowest BCUT2D eigenvalue weighted by Crippen LogP contribution is -2.40. The molecule has 0 spiro atoms. The molecule has 0 aliphatic heterocycles. The smallest absolute Gasteiger partial charge is 0.328 e. The second-order valence-electron chi connectivity index (χ2n) is 4.70. The fourth-order valence-electron chi connectivity index (χ4n) is 1.33. The van der Waals surface area contributed by atoms with Gasteiger partial charge >= 0.3 is 5.97 Å². The zero-order valence-electron chi connectivity index (χ0n) is 11.2. The van der Waals surface area contributed by atoms with Gasteiger partial charge in [-0.25, -0.2) is 4.79 Å². The number of halogens is 1. The van der Waals surface area contributed by atoms with Gasteiger partial charge in [-0.2, -0.15) is 0 Å².